The summed E-state index contributed by atoms with van der Waals surface area (Å²) in [7, 11) is 4.04. The van der Waals surface area contributed by atoms with Crippen molar-refractivity contribution in [2.45, 2.75) is 32.9 Å². The standard InChI is InChI=1S/C26H30N6O2S/c1-15-7-10-35-22(15)6-9-27-19-5-8-28-25(33)23(19)24-29-20-11-17-14-32(13-16(2)31(3)4)26(34)18(17)12-21(20)30-24/h5,7-8,10-12,16H,6,9,13-14H2,1-4H3,(H,29,30)(H2,27,28,33). The minimum absolute atomic E-state index is 0.0314. The monoisotopic (exact) mass is 490 g/mol. The summed E-state index contributed by atoms with van der Waals surface area (Å²) < 4.78 is 0. The number of fused-ring (bicyclic) bond motifs is 2. The molecule has 1 aliphatic heterocycles. The van der Waals surface area contributed by atoms with Gasteiger partial charge in [0.25, 0.3) is 11.5 Å². The van der Waals surface area contributed by atoms with Crippen molar-refractivity contribution in [3.63, 3.8) is 0 Å². The van der Waals surface area contributed by atoms with Crippen molar-refractivity contribution < 1.29 is 4.79 Å². The van der Waals surface area contributed by atoms with Crippen LogP contribution in [0.4, 0.5) is 5.69 Å². The van der Waals surface area contributed by atoms with Crippen molar-refractivity contribution in [1.29, 1.82) is 0 Å². The number of nitrogens with zero attached hydrogens (tertiary/aromatic N) is 3. The molecule has 1 unspecified atom stereocenters. The number of imidazole rings is 1. The largest absolute Gasteiger partial charge is 0.384 e. The van der Waals surface area contributed by atoms with Crippen LogP contribution in [0.2, 0.25) is 0 Å². The van der Waals surface area contributed by atoms with Gasteiger partial charge in [0, 0.05) is 42.3 Å². The number of pyridine rings is 1. The van der Waals surface area contributed by atoms with Crippen LogP contribution < -0.4 is 10.9 Å². The number of thiophene rings is 1. The SMILES string of the molecule is Cc1ccsc1CCNc1cc[nH]c(=O)c1-c1nc2cc3c(cc2[nH]1)CN(CC(C)N(C)C)C3=O. The number of likely N-dealkylation sites (N-methyl/N-ethyl adjacent to an activating group) is 1. The molecule has 0 bridgehead atoms. The van der Waals surface area contributed by atoms with Gasteiger partial charge in [0.1, 0.15) is 11.4 Å². The van der Waals surface area contributed by atoms with Gasteiger partial charge in [-0.25, -0.2) is 4.98 Å². The molecule has 0 saturated heterocycles. The number of hydrogen-bond donors (Lipinski definition) is 3. The van der Waals surface area contributed by atoms with Gasteiger partial charge in [-0.1, -0.05) is 0 Å². The second-order valence-corrected chi connectivity index (χ2v) is 10.4. The molecule has 5 rings (SSSR count). The number of rotatable bonds is 8. The molecule has 0 spiro atoms. The fourth-order valence-electron chi connectivity index (χ4n) is 4.46. The quantitative estimate of drug-likeness (QED) is 0.349. The predicted octanol–water partition coefficient (Wildman–Crippen LogP) is 3.85. The fraction of sp³-hybridized carbons (Fsp3) is 0.346. The van der Waals surface area contributed by atoms with Crippen LogP contribution >= 0.6 is 11.3 Å². The highest BCUT2D eigenvalue weighted by Crippen LogP contribution is 2.30. The summed E-state index contributed by atoms with van der Waals surface area (Å²) >= 11 is 1.75. The number of amides is 1. The van der Waals surface area contributed by atoms with E-state index in [-0.39, 0.29) is 17.5 Å². The molecule has 4 heterocycles. The molecule has 3 N–H and O–H groups in total. The second-order valence-electron chi connectivity index (χ2n) is 9.41. The molecule has 3 aromatic heterocycles. The van der Waals surface area contributed by atoms with E-state index in [0.717, 1.165) is 23.2 Å². The molecule has 1 atom stereocenters. The van der Waals surface area contributed by atoms with Crippen molar-refractivity contribution >= 4 is 34.0 Å². The third-order valence-corrected chi connectivity index (χ3v) is 7.87. The Bertz CT molecular complexity index is 1450. The maximum Gasteiger partial charge on any atom is 0.261 e. The van der Waals surface area contributed by atoms with Crippen LogP contribution in [0.3, 0.4) is 0 Å². The minimum atomic E-state index is -0.214. The number of nitrogens with one attached hydrogen (secondary N) is 3. The highest BCUT2D eigenvalue weighted by atomic mass is 32.1. The number of H-pyrrole nitrogens is 2. The number of benzene rings is 1. The first-order chi connectivity index (χ1) is 16.8. The van der Waals surface area contributed by atoms with Crippen molar-refractivity contribution in [3.8, 4) is 11.4 Å². The Morgan fingerprint density at radius 2 is 2.09 bits per heavy atom. The summed E-state index contributed by atoms with van der Waals surface area (Å²) in [5.74, 6) is 0.523. The maximum absolute atomic E-state index is 13.0. The number of aryl methyl sites for hydroxylation is 1. The first-order valence-electron chi connectivity index (χ1n) is 11.8. The number of aromatic amines is 2. The van der Waals surface area contributed by atoms with E-state index in [1.807, 2.05) is 37.2 Å². The van der Waals surface area contributed by atoms with Gasteiger partial charge in [0.15, 0.2) is 0 Å². The van der Waals surface area contributed by atoms with Gasteiger partial charge in [0.05, 0.1) is 16.7 Å². The fourth-order valence-corrected chi connectivity index (χ4v) is 5.37. The summed E-state index contributed by atoms with van der Waals surface area (Å²) in [6, 6.07) is 8.08. The molecule has 4 aromatic rings. The van der Waals surface area contributed by atoms with E-state index >= 15 is 0 Å². The van der Waals surface area contributed by atoms with Crippen molar-refractivity contribution in [1.82, 2.24) is 24.8 Å². The first kappa shape index (κ1) is 23.3. The summed E-state index contributed by atoms with van der Waals surface area (Å²) in [5.41, 5.74) is 5.44. The predicted molar refractivity (Wildman–Crippen MR) is 141 cm³/mol. The Morgan fingerprint density at radius 1 is 1.26 bits per heavy atom. The zero-order valence-electron chi connectivity index (χ0n) is 20.4. The van der Waals surface area contributed by atoms with E-state index in [9.17, 15) is 9.59 Å². The smallest absolute Gasteiger partial charge is 0.261 e. The molecule has 0 radical (unpaired) electrons. The van der Waals surface area contributed by atoms with Crippen LogP contribution in [-0.2, 0) is 13.0 Å². The van der Waals surface area contributed by atoms with Crippen LogP contribution in [0.25, 0.3) is 22.4 Å². The highest BCUT2D eigenvalue weighted by Gasteiger charge is 2.30. The van der Waals surface area contributed by atoms with Crippen LogP contribution in [0, 0.1) is 6.92 Å². The Balaban J connectivity index is 1.41. The number of anilines is 1. The zero-order valence-corrected chi connectivity index (χ0v) is 21.3. The Labute approximate surface area is 208 Å². The van der Waals surface area contributed by atoms with Gasteiger partial charge in [-0.15, -0.1) is 11.3 Å². The maximum atomic E-state index is 13.0. The van der Waals surface area contributed by atoms with Crippen LogP contribution in [-0.4, -0.2) is 63.9 Å². The highest BCUT2D eigenvalue weighted by molar-refractivity contribution is 7.10. The number of carbonyl (C=O) groups is 1. The van der Waals surface area contributed by atoms with E-state index in [0.29, 0.717) is 42.1 Å². The Morgan fingerprint density at radius 3 is 2.83 bits per heavy atom. The number of carbonyl (C=O) groups excluding carboxylic acids is 1. The molecule has 1 aliphatic rings. The lowest BCUT2D eigenvalue weighted by atomic mass is 10.1. The van der Waals surface area contributed by atoms with Gasteiger partial charge in [-0.3, -0.25) is 9.59 Å². The van der Waals surface area contributed by atoms with E-state index in [2.05, 4.69) is 45.5 Å². The molecule has 0 fully saturated rings. The first-order valence-corrected chi connectivity index (χ1v) is 12.7. The Hall–Kier alpha value is -3.43. The van der Waals surface area contributed by atoms with E-state index in [1.54, 1.807) is 17.5 Å². The van der Waals surface area contributed by atoms with Crippen LogP contribution in [0.1, 0.15) is 33.3 Å². The molecule has 0 aliphatic carbocycles. The molecule has 9 heteroatoms. The molecule has 35 heavy (non-hydrogen) atoms. The molecular formula is C26H30N6O2S. The molecular weight excluding hydrogens is 460 g/mol. The van der Waals surface area contributed by atoms with Gasteiger partial charge >= 0.3 is 0 Å². The van der Waals surface area contributed by atoms with Gasteiger partial charge < -0.3 is 25.1 Å². The molecule has 182 valence electrons. The van der Waals surface area contributed by atoms with E-state index < -0.39 is 0 Å². The number of aromatic nitrogens is 3. The van der Waals surface area contributed by atoms with Crippen LogP contribution in [0.15, 0.2) is 40.6 Å². The summed E-state index contributed by atoms with van der Waals surface area (Å²) in [4.78, 5) is 41.9. The van der Waals surface area contributed by atoms with Gasteiger partial charge in [-0.05, 0) is 75.1 Å². The lowest BCUT2D eigenvalue weighted by Crippen LogP contribution is -2.38. The minimum Gasteiger partial charge on any atom is -0.384 e. The summed E-state index contributed by atoms with van der Waals surface area (Å²) in [6.45, 7) is 6.19. The average molecular weight is 491 g/mol. The van der Waals surface area contributed by atoms with Crippen molar-refractivity contribution in [3.05, 3.63) is 67.8 Å². The topological polar surface area (TPSA) is 97.1 Å². The van der Waals surface area contributed by atoms with E-state index in [4.69, 9.17) is 4.98 Å². The molecule has 1 amide bonds. The van der Waals surface area contributed by atoms with Gasteiger partial charge in [-0.2, -0.15) is 0 Å². The van der Waals surface area contributed by atoms with Crippen LogP contribution in [0.5, 0.6) is 0 Å². The lowest BCUT2D eigenvalue weighted by Gasteiger charge is -2.25. The van der Waals surface area contributed by atoms with Crippen molar-refractivity contribution in [2.75, 3.05) is 32.5 Å². The third kappa shape index (κ3) is 4.49. The Kier molecular flexibility index (Phi) is 6.21. The normalized spacial score (nSPS) is 14.2. The van der Waals surface area contributed by atoms with E-state index in [1.165, 1.54) is 10.4 Å². The molecule has 0 saturated carbocycles. The summed E-state index contributed by atoms with van der Waals surface area (Å²) in [6.07, 6.45) is 2.53. The van der Waals surface area contributed by atoms with Crippen molar-refractivity contribution in [2.24, 2.45) is 0 Å². The second kappa shape index (κ2) is 9.31. The molecule has 8 nitrogen and oxygen atoms in total. The summed E-state index contributed by atoms with van der Waals surface area (Å²) in [5, 5.41) is 5.51. The number of hydrogen-bond acceptors (Lipinski definition) is 6. The lowest BCUT2D eigenvalue weighted by molar-refractivity contribution is 0.0739. The third-order valence-electron chi connectivity index (χ3n) is 6.79. The zero-order chi connectivity index (χ0) is 24.7. The average Bonchev–Trinajstić information content (AvgIpc) is 3.50. The molecule has 1 aromatic carbocycles. The van der Waals surface area contributed by atoms with Gasteiger partial charge in [0.2, 0.25) is 0 Å².